The van der Waals surface area contributed by atoms with E-state index in [1.807, 2.05) is 80.5 Å². The zero-order valence-electron chi connectivity index (χ0n) is 54.5. The van der Waals surface area contributed by atoms with E-state index in [1.54, 1.807) is 6.92 Å². The van der Waals surface area contributed by atoms with Crippen molar-refractivity contribution < 1.29 is 83.8 Å². The van der Waals surface area contributed by atoms with E-state index in [1.165, 1.54) is 17.8 Å². The van der Waals surface area contributed by atoms with Crippen LogP contribution in [0.5, 0.6) is 0 Å². The number of phosphoric acid groups is 1. The maximum Gasteiger partial charge on any atom is 3.00 e. The molecule has 0 spiro atoms. The van der Waals surface area contributed by atoms with Crippen LogP contribution >= 0.6 is 7.82 Å². The van der Waals surface area contributed by atoms with E-state index in [0.29, 0.717) is 56.4 Å². The van der Waals surface area contributed by atoms with Crippen LogP contribution in [-0.4, -0.2) is 127 Å². The Kier molecular flexibility index (Phi) is 22.6. The van der Waals surface area contributed by atoms with Gasteiger partial charge in [-0.2, -0.15) is 5.70 Å². The molecule has 6 aliphatic rings. The number of phosphoric ester groups is 1. The average molecular weight is 1340 g/mol. The van der Waals surface area contributed by atoms with Crippen LogP contribution in [-0.2, 0) is 68.7 Å². The van der Waals surface area contributed by atoms with E-state index < -0.39 is 143 Å². The van der Waals surface area contributed by atoms with Crippen molar-refractivity contribution in [3.05, 3.63) is 76.6 Å². The number of carbonyl (C=O) groups excluding carboxylic acids is 7. The smallest absolute Gasteiger partial charge is 0.756 e. The van der Waals surface area contributed by atoms with Gasteiger partial charge in [-0.3, -0.25) is 53.1 Å². The number of primary amides is 6. The molecule has 7 heterocycles. The molecule has 0 radical (unpaired) electrons. The van der Waals surface area contributed by atoms with E-state index in [4.69, 9.17) is 68.5 Å². The van der Waals surface area contributed by atoms with E-state index >= 15 is 0 Å². The van der Waals surface area contributed by atoms with Crippen molar-refractivity contribution in [2.45, 2.75) is 189 Å². The fourth-order valence-electron chi connectivity index (χ4n) is 15.3. The van der Waals surface area contributed by atoms with Crippen molar-refractivity contribution in [3.63, 3.8) is 0 Å². The third-order valence-electron chi connectivity index (χ3n) is 20.5. The van der Waals surface area contributed by atoms with Gasteiger partial charge in [0.15, 0.2) is 6.23 Å². The fourth-order valence-corrected chi connectivity index (χ4v) is 16.4. The summed E-state index contributed by atoms with van der Waals surface area (Å²) in [5, 5.41) is 30.1. The van der Waals surface area contributed by atoms with Gasteiger partial charge in [0.1, 0.15) is 18.3 Å². The predicted molar refractivity (Wildman–Crippen MR) is 338 cm³/mol. The van der Waals surface area contributed by atoms with Gasteiger partial charge in [0.2, 0.25) is 41.4 Å². The summed E-state index contributed by atoms with van der Waals surface area (Å²) in [7, 11) is -5.32. The Balaban J connectivity index is 0.00000672. The van der Waals surface area contributed by atoms with Gasteiger partial charge in [-0.05, 0) is 119 Å². The number of nitrogens with one attached hydrogen (secondary N) is 1. The van der Waals surface area contributed by atoms with Crippen molar-refractivity contribution in [3.8, 4) is 0 Å². The Hall–Kier alpha value is -6.49. The maximum absolute atomic E-state index is 14.4. The number of rotatable bonds is 26. The standard InChI is InChI=1S/C62H90N13O14P.CH3.Co/c1-29-20-39-40(21-30(29)2)75(28-70-39)57-52(84)53(41(27-76)87-57)89-90(85,86)88-31(3)26-69-49(83)18-19-59(8)37(22-46(66)80)56-62(11)61(10,25-48(68)82)36(14-17-45(65)79)51(74-62)33(5)55-60(9,24-47(67)81)34(12-15-43(63)77)38(71-55)23-42-58(6,7)35(13-16-44(64)78)50(72-42)32(4)54(59)73-56;;/h20-21,23,28,31,34-37,41,52-53,56-57,76,84H,12-19,22,24-27H2,1-11H3,(H15,63,64,65,66,67,68,69,71,72,73,74,77,78,79,80,81,82,83,85,86);1H3;/q;-1;+3/p-2/t31-,34-,35-,36-,37+,41?,52?,53?,56-,57?,59-,60+,61+,62+;;/m1../s1. The molecule has 2 fully saturated rings. The number of aliphatic hydroxyl groups is 2. The summed E-state index contributed by atoms with van der Waals surface area (Å²) in [5.74, 6) is -7.40. The van der Waals surface area contributed by atoms with E-state index in [9.17, 15) is 53.2 Å². The zero-order valence-corrected chi connectivity index (χ0v) is 56.4. The summed E-state index contributed by atoms with van der Waals surface area (Å²) in [5.41, 5.74) is 36.7. The molecule has 5 unspecified atom stereocenters. The molecular formula is C63H91CoN13O14P. The summed E-state index contributed by atoms with van der Waals surface area (Å²) < 4.78 is 31.9. The summed E-state index contributed by atoms with van der Waals surface area (Å²) in [6.45, 7) is 19.0. The number of nitrogens with two attached hydrogens (primary N) is 6. The minimum Gasteiger partial charge on any atom is -0.756 e. The van der Waals surface area contributed by atoms with Crippen LogP contribution < -0.4 is 44.6 Å². The van der Waals surface area contributed by atoms with Crippen LogP contribution in [0.4, 0.5) is 0 Å². The molecular weight excluding hydrogens is 1250 g/mol. The summed E-state index contributed by atoms with van der Waals surface area (Å²) >= 11 is 0. The monoisotopic (exact) mass is 1340 g/mol. The number of allylic oxidation sites excluding steroid dienone is 6. The number of imidazole rings is 1. The number of amides is 7. The van der Waals surface area contributed by atoms with Gasteiger partial charge in [0, 0.05) is 108 Å². The van der Waals surface area contributed by atoms with Crippen LogP contribution in [0, 0.1) is 66.6 Å². The number of fused-ring (bicyclic) bond motifs is 7. The normalized spacial score (nSPS) is 33.5. The van der Waals surface area contributed by atoms with Crippen molar-refractivity contribution in [1.82, 2.24) is 14.9 Å². The van der Waals surface area contributed by atoms with Gasteiger partial charge < -0.3 is 85.9 Å². The average Bonchev–Trinajstić information content (AvgIpc) is 1.53. The predicted octanol–water partition coefficient (Wildman–Crippen LogP) is 3.76. The number of hydrogen-bond acceptors (Lipinski definition) is 18. The zero-order chi connectivity index (χ0) is 66.7. The molecule has 92 heavy (non-hydrogen) atoms. The summed E-state index contributed by atoms with van der Waals surface area (Å²) in [6, 6.07) is 2.65. The second-order valence-electron chi connectivity index (χ2n) is 27.0. The number of aryl methyl sites for hydroxylation is 2. The second-order valence-corrected chi connectivity index (χ2v) is 28.3. The van der Waals surface area contributed by atoms with E-state index in [0.717, 1.165) is 11.1 Å². The first kappa shape index (κ1) is 74.5. The molecule has 2 aromatic rings. The molecule has 29 heteroatoms. The number of aliphatic imine (C=N–C) groups is 3. The first-order chi connectivity index (χ1) is 41.8. The van der Waals surface area contributed by atoms with E-state index in [2.05, 4.69) is 10.3 Å². The first-order valence-corrected chi connectivity index (χ1v) is 32.0. The summed E-state index contributed by atoms with van der Waals surface area (Å²) in [6.07, 6.45) is -4.79. The number of nitrogens with zero attached hydrogens (tertiary/aromatic N) is 6. The third-order valence-corrected chi connectivity index (χ3v) is 21.6. The molecule has 0 saturated carbocycles. The van der Waals surface area contributed by atoms with Crippen LogP contribution in [0.15, 0.2) is 67.8 Å². The molecule has 7 amide bonds. The molecule has 1 aromatic carbocycles. The van der Waals surface area contributed by atoms with Crippen LogP contribution in [0.3, 0.4) is 0 Å². The first-order valence-electron chi connectivity index (χ1n) is 30.5. The Bertz CT molecular complexity index is 3540. The number of aliphatic hydroxyl groups excluding tert-OH is 2. The van der Waals surface area contributed by atoms with Gasteiger partial charge in [-0.25, -0.2) is 4.98 Å². The van der Waals surface area contributed by atoms with Gasteiger partial charge in [0.05, 0.1) is 41.3 Å². The Morgan fingerprint density at radius 2 is 1.38 bits per heavy atom. The minimum atomic E-state index is -5.32. The Morgan fingerprint density at radius 1 is 0.793 bits per heavy atom. The van der Waals surface area contributed by atoms with Crippen molar-refractivity contribution in [2.75, 3.05) is 13.2 Å². The topological polar surface area (TPSA) is 465 Å². The van der Waals surface area contributed by atoms with Gasteiger partial charge >= 0.3 is 16.8 Å². The largest absolute Gasteiger partial charge is 3.00 e. The van der Waals surface area contributed by atoms with Crippen molar-refractivity contribution in [2.24, 2.45) is 94.7 Å². The number of benzene rings is 1. The maximum atomic E-state index is 14.4. The summed E-state index contributed by atoms with van der Waals surface area (Å²) in [4.78, 5) is 128. The van der Waals surface area contributed by atoms with Crippen molar-refractivity contribution >= 4 is 77.3 Å². The quantitative estimate of drug-likeness (QED) is 0.0478. The Morgan fingerprint density at radius 3 is 1.96 bits per heavy atom. The molecule has 15 N–H and O–H groups in total. The molecule has 15 atom stereocenters. The molecule has 0 aliphatic carbocycles. The van der Waals surface area contributed by atoms with Gasteiger partial charge in [-0.15, -0.1) is 0 Å². The SMILES string of the molecule is C/C1=C2/[N-][C@H]([C@H](CC(N)=O)[C@@]2(C)CCC(=O)NC[C@@H](C)OP(=O)([O-])OC2C(CO)OC(n3cnc4cc(C)c(C)cc43)C2O)[C@]2(C)N=C(/C(C)=C3N=C(/C=C4N=C1[C@@H](CCC(N)=O)C\4(C)C)[C@@H](CCC(N)=O)[C@]\3(C)CC(N)=O)[C@@H](CCC(N)=O)[C@]2(C)CC(N)=O.[CH3-].[Co+3]. The molecule has 27 nitrogen and oxygen atoms in total. The molecule has 2 saturated heterocycles. The van der Waals surface area contributed by atoms with Crippen LogP contribution in [0.1, 0.15) is 150 Å². The molecule has 8 bridgehead atoms. The number of aromatic nitrogens is 2. The van der Waals surface area contributed by atoms with E-state index in [-0.39, 0.29) is 101 Å². The molecule has 1 aromatic heterocycles. The van der Waals surface area contributed by atoms with Crippen LogP contribution in [0.25, 0.3) is 16.4 Å². The van der Waals surface area contributed by atoms with Crippen LogP contribution in [0.2, 0.25) is 0 Å². The fraction of sp³-hybridized carbons (Fsp3) is 0.619. The number of ether oxygens (including phenoxy) is 1. The van der Waals surface area contributed by atoms with Crippen molar-refractivity contribution in [1.29, 1.82) is 0 Å². The third kappa shape index (κ3) is 14.1. The minimum absolute atomic E-state index is 0. The van der Waals surface area contributed by atoms with Gasteiger partial charge in [-0.1, -0.05) is 40.7 Å². The molecule has 8 rings (SSSR count). The number of carbonyl (C=O) groups is 7. The molecule has 506 valence electrons. The second kappa shape index (κ2) is 27.8. The van der Waals surface area contributed by atoms with Gasteiger partial charge in [0.25, 0.3) is 7.82 Å². The Labute approximate surface area is 547 Å². The molecule has 6 aliphatic heterocycles. The number of hydrogen-bond donors (Lipinski definition) is 9.